The molecule has 0 radical (unpaired) electrons. The summed E-state index contributed by atoms with van der Waals surface area (Å²) in [6.07, 6.45) is 8.71. The fraction of sp³-hybridized carbons (Fsp3) is 0.474. The van der Waals surface area contributed by atoms with E-state index < -0.39 is 0 Å². The van der Waals surface area contributed by atoms with Gasteiger partial charge in [0.2, 0.25) is 0 Å². The lowest BCUT2D eigenvalue weighted by Gasteiger charge is -2.46. The van der Waals surface area contributed by atoms with Gasteiger partial charge in [0.1, 0.15) is 11.5 Å². The van der Waals surface area contributed by atoms with E-state index in [4.69, 9.17) is 9.47 Å². The zero-order valence-corrected chi connectivity index (χ0v) is 30.0. The highest BCUT2D eigenvalue weighted by Gasteiger charge is 2.42. The maximum atomic E-state index is 14.2. The summed E-state index contributed by atoms with van der Waals surface area (Å²) in [5, 5.41) is 14.1. The number of nitrogens with one attached hydrogen (secondary N) is 1. The first-order valence-electron chi connectivity index (χ1n) is 17.8. The Hall–Kier alpha value is -4.72. The third kappa shape index (κ3) is 5.77. The minimum atomic E-state index is -0.345. The number of amides is 1. The lowest BCUT2D eigenvalue weighted by Crippen LogP contribution is -2.59. The number of aliphatic hydroxyl groups excluding tert-OH is 1. The largest absolute Gasteiger partial charge is 0.494 e. The number of rotatable bonds is 8. The molecule has 0 spiro atoms. The Bertz CT molecular complexity index is 2040. The number of nitrogens with zero attached hydrogens (tertiary/aromatic N) is 7. The number of carbonyl (C=O) groups is 1. The topological polar surface area (TPSA) is 130 Å². The predicted molar refractivity (Wildman–Crippen MR) is 195 cm³/mol. The predicted octanol–water partition coefficient (Wildman–Crippen LogP) is 3.58. The molecule has 1 amide bonds. The van der Waals surface area contributed by atoms with Gasteiger partial charge in [-0.2, -0.15) is 0 Å². The quantitative estimate of drug-likeness (QED) is 0.282. The van der Waals surface area contributed by atoms with E-state index in [0.29, 0.717) is 70.5 Å². The SMILES string of the molecule is COc1c2c(n3c1C(=O)N(c1nccc(-c4cc(Nc5cncc(N6CCN(C7COC7)C[C@@H]6C)c5)c(=O)n(C)c4)c1CO)CC3)CC(C)(C)C2. The molecule has 2 N–H and O–H groups in total. The molecular weight excluding hydrogens is 648 g/mol. The van der Waals surface area contributed by atoms with Crippen LogP contribution in [0, 0.1) is 5.41 Å². The average Bonchev–Trinajstić information content (AvgIpc) is 3.56. The normalized spacial score (nSPS) is 20.3. The molecule has 8 rings (SSSR count). The van der Waals surface area contributed by atoms with E-state index in [1.807, 2.05) is 18.3 Å². The van der Waals surface area contributed by atoms with Gasteiger partial charge < -0.3 is 33.9 Å². The van der Waals surface area contributed by atoms with Crippen molar-refractivity contribution in [1.29, 1.82) is 0 Å². The molecule has 1 atom stereocenters. The lowest BCUT2D eigenvalue weighted by atomic mass is 9.90. The molecular formula is C38H46N8O5. The Kier molecular flexibility index (Phi) is 8.39. The van der Waals surface area contributed by atoms with E-state index in [0.717, 1.165) is 56.9 Å². The van der Waals surface area contributed by atoms with Gasteiger partial charge >= 0.3 is 0 Å². The first kappa shape index (κ1) is 33.4. The van der Waals surface area contributed by atoms with E-state index in [2.05, 4.69) is 50.4 Å². The standard InChI is InChI=1S/C38H46N8O5/c1-23-18-43(27-21-51-22-27)8-9-44(23)26-13-25(16-39-17-26)41-31-12-24(19-42(4)36(31)48)28-6-7-40-35(30(28)20-47)46-11-10-45-32-15-38(2,3)14-29(32)34(50-5)33(45)37(46)49/h6-7,12-13,16-17,19,23,27,41,47H,8-11,14-15,18,20-22H2,1-5H3/t23-/m0/s1. The summed E-state index contributed by atoms with van der Waals surface area (Å²) in [4.78, 5) is 43.3. The van der Waals surface area contributed by atoms with Crippen molar-refractivity contribution in [2.45, 2.75) is 58.8 Å². The summed E-state index contributed by atoms with van der Waals surface area (Å²) in [6, 6.07) is 6.44. The number of aromatic nitrogens is 4. The third-order valence-electron chi connectivity index (χ3n) is 11.0. The van der Waals surface area contributed by atoms with Gasteiger partial charge in [-0.15, -0.1) is 0 Å². The van der Waals surface area contributed by atoms with E-state index in [-0.39, 0.29) is 23.5 Å². The number of carbonyl (C=O) groups excluding carboxylic acids is 1. The molecule has 13 nitrogen and oxygen atoms in total. The van der Waals surface area contributed by atoms with E-state index in [1.54, 1.807) is 43.7 Å². The summed E-state index contributed by atoms with van der Waals surface area (Å²) in [5.74, 6) is 0.835. The minimum Gasteiger partial charge on any atom is -0.494 e. The number of methoxy groups -OCH3 is 1. The molecule has 4 aliphatic rings. The number of piperazine rings is 1. The number of pyridine rings is 3. The molecule has 4 aromatic heterocycles. The molecule has 2 fully saturated rings. The molecule has 0 aromatic carbocycles. The first-order chi connectivity index (χ1) is 24.6. The number of hydrogen-bond acceptors (Lipinski definition) is 10. The molecule has 0 bridgehead atoms. The van der Waals surface area contributed by atoms with E-state index in [1.165, 1.54) is 10.3 Å². The van der Waals surface area contributed by atoms with E-state index in [9.17, 15) is 14.7 Å². The summed E-state index contributed by atoms with van der Waals surface area (Å²) < 4.78 is 14.9. The minimum absolute atomic E-state index is 0.114. The van der Waals surface area contributed by atoms with Gasteiger partial charge in [0.25, 0.3) is 11.5 Å². The summed E-state index contributed by atoms with van der Waals surface area (Å²) in [5.41, 5.74) is 6.68. The van der Waals surface area contributed by atoms with Crippen molar-refractivity contribution in [3.05, 3.63) is 75.9 Å². The molecule has 2 saturated heterocycles. The van der Waals surface area contributed by atoms with E-state index >= 15 is 0 Å². The lowest BCUT2D eigenvalue weighted by molar-refractivity contribution is -0.0691. The Morgan fingerprint density at radius 3 is 2.65 bits per heavy atom. The number of anilines is 4. The number of ether oxygens (including phenoxy) is 2. The van der Waals surface area contributed by atoms with Gasteiger partial charge in [-0.3, -0.25) is 24.4 Å². The van der Waals surface area contributed by atoms with Crippen molar-refractivity contribution in [3.63, 3.8) is 0 Å². The van der Waals surface area contributed by atoms with Crippen LogP contribution >= 0.6 is 0 Å². The Labute approximate surface area is 297 Å². The van der Waals surface area contributed by atoms with Crippen LogP contribution in [0.3, 0.4) is 0 Å². The van der Waals surface area contributed by atoms with Crippen molar-refractivity contribution >= 4 is 28.8 Å². The summed E-state index contributed by atoms with van der Waals surface area (Å²) in [6.45, 7) is 11.8. The Morgan fingerprint density at radius 2 is 1.92 bits per heavy atom. The van der Waals surface area contributed by atoms with Crippen LogP contribution in [0.15, 0.2) is 47.8 Å². The average molecular weight is 695 g/mol. The van der Waals surface area contributed by atoms with Crippen molar-refractivity contribution in [2.24, 2.45) is 12.5 Å². The molecule has 268 valence electrons. The van der Waals surface area contributed by atoms with Crippen LogP contribution in [0.25, 0.3) is 11.1 Å². The number of aliphatic hydroxyl groups is 1. The van der Waals surface area contributed by atoms with Gasteiger partial charge in [0.05, 0.1) is 56.7 Å². The number of fused-ring (bicyclic) bond motifs is 3. The van der Waals surface area contributed by atoms with Gasteiger partial charge in [-0.1, -0.05) is 13.8 Å². The number of hydrogen-bond donors (Lipinski definition) is 2. The van der Waals surface area contributed by atoms with Crippen LogP contribution in [-0.2, 0) is 37.8 Å². The number of aryl methyl sites for hydroxylation is 1. The zero-order chi connectivity index (χ0) is 35.6. The molecule has 13 heteroatoms. The summed E-state index contributed by atoms with van der Waals surface area (Å²) in [7, 11) is 3.33. The first-order valence-corrected chi connectivity index (χ1v) is 17.8. The van der Waals surface area contributed by atoms with Crippen LogP contribution in [0.2, 0.25) is 0 Å². The van der Waals surface area contributed by atoms with Crippen LogP contribution in [0.4, 0.5) is 22.9 Å². The van der Waals surface area contributed by atoms with Crippen LogP contribution < -0.4 is 25.4 Å². The highest BCUT2D eigenvalue weighted by molar-refractivity contribution is 6.08. The molecule has 7 heterocycles. The Morgan fingerprint density at radius 1 is 1.10 bits per heavy atom. The van der Waals surface area contributed by atoms with Crippen molar-refractivity contribution in [1.82, 2.24) is 24.0 Å². The Balaban J connectivity index is 1.08. The van der Waals surface area contributed by atoms with Crippen molar-refractivity contribution in [2.75, 3.05) is 61.6 Å². The molecule has 0 saturated carbocycles. The second-order valence-electron chi connectivity index (χ2n) is 15.1. The second kappa shape index (κ2) is 12.8. The highest BCUT2D eigenvalue weighted by atomic mass is 16.5. The molecule has 0 unspecified atom stereocenters. The van der Waals surface area contributed by atoms with Gasteiger partial charge in [0.15, 0.2) is 11.4 Å². The van der Waals surface area contributed by atoms with Crippen molar-refractivity contribution in [3.8, 4) is 16.9 Å². The van der Waals surface area contributed by atoms with Gasteiger partial charge in [-0.25, -0.2) is 4.98 Å². The van der Waals surface area contributed by atoms with Crippen molar-refractivity contribution < 1.29 is 19.4 Å². The third-order valence-corrected chi connectivity index (χ3v) is 11.0. The monoisotopic (exact) mass is 694 g/mol. The molecule has 3 aliphatic heterocycles. The smallest absolute Gasteiger partial charge is 0.280 e. The van der Waals surface area contributed by atoms with Gasteiger partial charge in [-0.05, 0) is 48.9 Å². The molecule has 1 aliphatic carbocycles. The fourth-order valence-corrected chi connectivity index (χ4v) is 8.42. The fourth-order valence-electron chi connectivity index (χ4n) is 8.42. The molecule has 4 aromatic rings. The summed E-state index contributed by atoms with van der Waals surface area (Å²) >= 11 is 0. The van der Waals surface area contributed by atoms with Crippen LogP contribution in [0.1, 0.15) is 48.1 Å². The maximum Gasteiger partial charge on any atom is 0.280 e. The van der Waals surface area contributed by atoms with Crippen LogP contribution in [-0.4, -0.2) is 93.6 Å². The highest BCUT2D eigenvalue weighted by Crippen LogP contribution is 2.46. The van der Waals surface area contributed by atoms with Gasteiger partial charge in [0, 0.05) is 80.6 Å². The maximum absolute atomic E-state index is 14.2. The molecule has 51 heavy (non-hydrogen) atoms. The second-order valence-corrected chi connectivity index (χ2v) is 15.1. The zero-order valence-electron chi connectivity index (χ0n) is 30.0. The van der Waals surface area contributed by atoms with Crippen LogP contribution in [0.5, 0.6) is 5.75 Å².